The fourth-order valence-electron chi connectivity index (χ4n) is 5.31. The number of benzene rings is 4. The summed E-state index contributed by atoms with van der Waals surface area (Å²) in [6.45, 7) is 5.98. The SMILES string of the molecule is CCC(C)Oc1cccc(C(=O)NC(=S)Nc2ccc(S(=O)(=O)N3CCN(C(c4ccccc4)c4ccccc4)CC3)cc2)c1. The second-order valence-corrected chi connectivity index (χ2v) is 13.3. The number of hydrogen-bond donors (Lipinski definition) is 2. The summed E-state index contributed by atoms with van der Waals surface area (Å²) in [5.74, 6) is 0.239. The number of piperazine rings is 1. The largest absolute Gasteiger partial charge is 0.491 e. The van der Waals surface area contributed by atoms with Crippen LogP contribution in [0.2, 0.25) is 0 Å². The van der Waals surface area contributed by atoms with Gasteiger partial charge in [0.05, 0.1) is 17.0 Å². The summed E-state index contributed by atoms with van der Waals surface area (Å²) in [7, 11) is -3.69. The number of carbonyl (C=O) groups excluding carboxylic acids is 1. The van der Waals surface area contributed by atoms with Crippen molar-refractivity contribution in [1.29, 1.82) is 0 Å². The van der Waals surface area contributed by atoms with Crippen molar-refractivity contribution < 1.29 is 17.9 Å². The molecule has 8 nitrogen and oxygen atoms in total. The Morgan fingerprint density at radius 3 is 2.02 bits per heavy atom. The summed E-state index contributed by atoms with van der Waals surface area (Å²) in [4.78, 5) is 15.3. The Bertz CT molecular complexity index is 1650. The summed E-state index contributed by atoms with van der Waals surface area (Å²) >= 11 is 5.34. The highest BCUT2D eigenvalue weighted by Crippen LogP contribution is 2.30. The molecule has 0 saturated carbocycles. The number of anilines is 1. The lowest BCUT2D eigenvalue weighted by Crippen LogP contribution is -2.49. The van der Waals surface area contributed by atoms with Crippen LogP contribution in [0, 0.1) is 0 Å². The zero-order chi connectivity index (χ0) is 31.8. The lowest BCUT2D eigenvalue weighted by Gasteiger charge is -2.39. The number of nitrogens with zero attached hydrogens (tertiary/aromatic N) is 2. The summed E-state index contributed by atoms with van der Waals surface area (Å²) in [5.41, 5.74) is 3.34. The zero-order valence-corrected chi connectivity index (χ0v) is 27.1. The van der Waals surface area contributed by atoms with Gasteiger partial charge in [0.2, 0.25) is 10.0 Å². The first-order valence-corrected chi connectivity index (χ1v) is 16.9. The van der Waals surface area contributed by atoms with Crippen LogP contribution in [0.1, 0.15) is 47.8 Å². The van der Waals surface area contributed by atoms with E-state index >= 15 is 0 Å². The first-order chi connectivity index (χ1) is 21.7. The minimum absolute atomic E-state index is 0.0362. The van der Waals surface area contributed by atoms with Crippen LogP contribution in [0.5, 0.6) is 5.75 Å². The van der Waals surface area contributed by atoms with E-state index in [9.17, 15) is 13.2 Å². The Morgan fingerprint density at radius 1 is 0.844 bits per heavy atom. The number of hydrogen-bond acceptors (Lipinski definition) is 6. The molecule has 1 aliphatic rings. The van der Waals surface area contributed by atoms with E-state index in [-0.39, 0.29) is 28.1 Å². The Hall–Kier alpha value is -4.09. The molecule has 10 heteroatoms. The van der Waals surface area contributed by atoms with E-state index < -0.39 is 10.0 Å². The van der Waals surface area contributed by atoms with E-state index in [2.05, 4.69) is 39.8 Å². The summed E-state index contributed by atoms with van der Waals surface area (Å²) < 4.78 is 34.4. The van der Waals surface area contributed by atoms with Crippen LogP contribution in [-0.2, 0) is 10.0 Å². The molecule has 1 amide bonds. The van der Waals surface area contributed by atoms with Crippen LogP contribution in [0.25, 0.3) is 0 Å². The highest BCUT2D eigenvalue weighted by atomic mass is 32.2. The van der Waals surface area contributed by atoms with Gasteiger partial charge in [-0.3, -0.25) is 15.0 Å². The number of nitrogens with one attached hydrogen (secondary N) is 2. The van der Waals surface area contributed by atoms with Gasteiger partial charge in [-0.15, -0.1) is 0 Å². The molecular weight excluding hydrogens is 605 g/mol. The van der Waals surface area contributed by atoms with Gasteiger partial charge in [-0.1, -0.05) is 73.7 Å². The van der Waals surface area contributed by atoms with Gasteiger partial charge >= 0.3 is 0 Å². The third kappa shape index (κ3) is 8.15. The van der Waals surface area contributed by atoms with Gasteiger partial charge in [-0.05, 0) is 79.2 Å². The van der Waals surface area contributed by atoms with E-state index in [0.717, 1.165) is 6.42 Å². The second-order valence-electron chi connectivity index (χ2n) is 11.0. The molecule has 2 N–H and O–H groups in total. The minimum atomic E-state index is -3.69. The van der Waals surface area contributed by atoms with Crippen molar-refractivity contribution >= 4 is 38.9 Å². The predicted molar refractivity (Wildman–Crippen MR) is 182 cm³/mol. The van der Waals surface area contributed by atoms with E-state index in [4.69, 9.17) is 17.0 Å². The molecule has 234 valence electrons. The number of sulfonamides is 1. The lowest BCUT2D eigenvalue weighted by atomic mass is 9.96. The molecule has 45 heavy (non-hydrogen) atoms. The number of ether oxygens (including phenoxy) is 1. The summed E-state index contributed by atoms with van der Waals surface area (Å²) in [6.07, 6.45) is 0.888. The summed E-state index contributed by atoms with van der Waals surface area (Å²) in [6, 6.07) is 34.0. The molecule has 1 unspecified atom stereocenters. The number of thiocarbonyl (C=S) groups is 1. The van der Waals surface area contributed by atoms with Gasteiger partial charge in [-0.2, -0.15) is 4.31 Å². The van der Waals surface area contributed by atoms with E-state index in [1.807, 2.05) is 50.2 Å². The first-order valence-electron chi connectivity index (χ1n) is 15.1. The smallest absolute Gasteiger partial charge is 0.257 e. The van der Waals surface area contributed by atoms with Gasteiger partial charge in [0.15, 0.2) is 5.11 Å². The molecule has 1 aliphatic heterocycles. The topological polar surface area (TPSA) is 91.0 Å². The molecule has 0 bridgehead atoms. The first kappa shape index (κ1) is 32.3. The number of rotatable bonds is 10. The molecule has 5 rings (SSSR count). The third-order valence-electron chi connectivity index (χ3n) is 7.85. The number of carbonyl (C=O) groups is 1. The Kier molecular flexibility index (Phi) is 10.6. The maximum atomic E-state index is 13.5. The van der Waals surface area contributed by atoms with Crippen molar-refractivity contribution in [3.8, 4) is 5.75 Å². The van der Waals surface area contributed by atoms with Gasteiger partial charge in [0.25, 0.3) is 5.91 Å². The third-order valence-corrected chi connectivity index (χ3v) is 9.97. The number of amides is 1. The standard InChI is InChI=1S/C35H38N4O4S2/c1-3-26(2)43-31-16-10-15-29(25-31)34(40)37-35(44)36-30-17-19-32(20-18-30)45(41,42)39-23-21-38(22-24-39)33(27-11-6-4-7-12-27)28-13-8-5-9-14-28/h4-20,25-26,33H,3,21-24H2,1-2H3,(H2,36,37,40,44). The van der Waals surface area contributed by atoms with Crippen LogP contribution in [0.3, 0.4) is 0 Å². The van der Waals surface area contributed by atoms with Gasteiger partial charge < -0.3 is 10.1 Å². The molecule has 1 heterocycles. The van der Waals surface area contributed by atoms with Crippen molar-refractivity contribution in [3.05, 3.63) is 126 Å². The quantitative estimate of drug-likeness (QED) is 0.203. The fourth-order valence-corrected chi connectivity index (χ4v) is 6.94. The van der Waals surface area contributed by atoms with E-state index in [0.29, 0.717) is 43.2 Å². The highest BCUT2D eigenvalue weighted by Gasteiger charge is 2.32. The van der Waals surface area contributed by atoms with Gasteiger partial charge in [0.1, 0.15) is 5.75 Å². The molecule has 0 spiro atoms. The molecule has 0 aromatic heterocycles. The fraction of sp³-hybridized carbons (Fsp3) is 0.257. The highest BCUT2D eigenvalue weighted by molar-refractivity contribution is 7.89. The van der Waals surface area contributed by atoms with Crippen molar-refractivity contribution in [2.75, 3.05) is 31.5 Å². The molecule has 4 aromatic rings. The van der Waals surface area contributed by atoms with Crippen molar-refractivity contribution in [3.63, 3.8) is 0 Å². The minimum Gasteiger partial charge on any atom is -0.491 e. The molecule has 1 fully saturated rings. The molecule has 4 aromatic carbocycles. The van der Waals surface area contributed by atoms with Crippen molar-refractivity contribution in [1.82, 2.24) is 14.5 Å². The van der Waals surface area contributed by atoms with Crippen LogP contribution < -0.4 is 15.4 Å². The second kappa shape index (κ2) is 14.8. The van der Waals surface area contributed by atoms with E-state index in [1.54, 1.807) is 52.8 Å². The maximum absolute atomic E-state index is 13.5. The molecule has 1 atom stereocenters. The average Bonchev–Trinajstić information content (AvgIpc) is 3.06. The summed E-state index contributed by atoms with van der Waals surface area (Å²) in [5, 5.41) is 5.73. The van der Waals surface area contributed by atoms with Crippen LogP contribution in [-0.4, -0.2) is 60.9 Å². The monoisotopic (exact) mass is 642 g/mol. The molecule has 0 aliphatic carbocycles. The average molecular weight is 643 g/mol. The molecular formula is C35H38N4O4S2. The molecule has 1 saturated heterocycles. The van der Waals surface area contributed by atoms with E-state index in [1.165, 1.54) is 11.1 Å². The predicted octanol–water partition coefficient (Wildman–Crippen LogP) is 6.09. The Labute approximate surface area is 271 Å². The van der Waals surface area contributed by atoms with Crippen LogP contribution in [0.4, 0.5) is 5.69 Å². The van der Waals surface area contributed by atoms with Gasteiger partial charge in [-0.25, -0.2) is 8.42 Å². The van der Waals surface area contributed by atoms with Crippen molar-refractivity contribution in [2.24, 2.45) is 0 Å². The Morgan fingerprint density at radius 2 is 1.44 bits per heavy atom. The maximum Gasteiger partial charge on any atom is 0.257 e. The van der Waals surface area contributed by atoms with Crippen molar-refractivity contribution in [2.45, 2.75) is 37.3 Å². The molecule has 0 radical (unpaired) electrons. The van der Waals surface area contributed by atoms with Crippen LogP contribution in [0.15, 0.2) is 114 Å². The normalized spacial score (nSPS) is 14.9. The lowest BCUT2D eigenvalue weighted by molar-refractivity contribution is 0.0977. The van der Waals surface area contributed by atoms with Crippen LogP contribution >= 0.6 is 12.2 Å². The zero-order valence-electron chi connectivity index (χ0n) is 25.4. The van der Waals surface area contributed by atoms with Gasteiger partial charge in [0, 0.05) is 37.4 Å². The Balaban J connectivity index is 1.18.